The highest BCUT2D eigenvalue weighted by molar-refractivity contribution is 7.09. The van der Waals surface area contributed by atoms with E-state index in [-0.39, 0.29) is 6.10 Å². The van der Waals surface area contributed by atoms with Gasteiger partial charge in [-0.05, 0) is 13.3 Å². The zero-order valence-corrected chi connectivity index (χ0v) is 7.73. The first-order valence-corrected chi connectivity index (χ1v) is 4.77. The van der Waals surface area contributed by atoms with Crippen LogP contribution in [0.4, 0.5) is 0 Å². The highest BCUT2D eigenvalue weighted by Crippen LogP contribution is 2.22. The topological polar surface area (TPSA) is 22.1 Å². The van der Waals surface area contributed by atoms with Gasteiger partial charge in [-0.3, -0.25) is 0 Å². The first-order chi connectivity index (χ1) is 5.38. The third-order valence-corrected chi connectivity index (χ3v) is 2.33. The van der Waals surface area contributed by atoms with Crippen LogP contribution >= 0.6 is 11.3 Å². The molecule has 1 aromatic rings. The molecule has 1 heterocycles. The molecule has 0 fully saturated rings. The Kier molecular flexibility index (Phi) is 3.52. The average molecular weight is 171 g/mol. The lowest BCUT2D eigenvalue weighted by molar-refractivity contribution is 0.0596. The maximum atomic E-state index is 5.48. The Bertz CT molecular complexity index is 186. The number of nitrogens with zero attached hydrogens (tertiary/aromatic N) is 1. The number of ether oxygens (including phenoxy) is 1. The predicted octanol–water partition coefficient (Wildman–Crippen LogP) is 2.63. The number of hydrogen-bond donors (Lipinski definition) is 0. The van der Waals surface area contributed by atoms with Gasteiger partial charge in [0.15, 0.2) is 0 Å². The molecule has 0 spiro atoms. The largest absolute Gasteiger partial charge is 0.371 e. The van der Waals surface area contributed by atoms with E-state index in [0.717, 1.165) is 18.0 Å². The van der Waals surface area contributed by atoms with E-state index < -0.39 is 0 Å². The third kappa shape index (κ3) is 2.27. The van der Waals surface area contributed by atoms with Crippen molar-refractivity contribution in [2.75, 3.05) is 6.61 Å². The van der Waals surface area contributed by atoms with Gasteiger partial charge in [-0.15, -0.1) is 11.3 Å². The summed E-state index contributed by atoms with van der Waals surface area (Å²) in [5.74, 6) is 0. The molecule has 3 heteroatoms. The van der Waals surface area contributed by atoms with Crippen molar-refractivity contribution in [3.63, 3.8) is 0 Å². The highest BCUT2D eigenvalue weighted by Gasteiger charge is 2.10. The molecule has 0 aromatic carbocycles. The van der Waals surface area contributed by atoms with Crippen LogP contribution in [0.2, 0.25) is 0 Å². The van der Waals surface area contributed by atoms with E-state index in [1.165, 1.54) is 0 Å². The minimum absolute atomic E-state index is 0.208. The Balaban J connectivity index is 2.56. The molecule has 1 atom stereocenters. The van der Waals surface area contributed by atoms with Gasteiger partial charge in [-0.25, -0.2) is 4.98 Å². The van der Waals surface area contributed by atoms with Crippen LogP contribution < -0.4 is 0 Å². The second-order valence-electron chi connectivity index (χ2n) is 2.22. The Morgan fingerprint density at radius 1 is 1.64 bits per heavy atom. The molecule has 62 valence electrons. The fourth-order valence-electron chi connectivity index (χ4n) is 0.958. The van der Waals surface area contributed by atoms with Crippen LogP contribution in [-0.2, 0) is 4.74 Å². The van der Waals surface area contributed by atoms with Crippen molar-refractivity contribution >= 4 is 11.3 Å². The zero-order valence-electron chi connectivity index (χ0n) is 6.91. The lowest BCUT2D eigenvalue weighted by Crippen LogP contribution is -2.01. The summed E-state index contributed by atoms with van der Waals surface area (Å²) < 4.78 is 5.48. The van der Waals surface area contributed by atoms with E-state index >= 15 is 0 Å². The summed E-state index contributed by atoms with van der Waals surface area (Å²) in [6, 6.07) is 0. The van der Waals surface area contributed by atoms with Crippen molar-refractivity contribution in [3.05, 3.63) is 16.6 Å². The van der Waals surface area contributed by atoms with E-state index in [1.807, 2.05) is 18.5 Å². The molecule has 11 heavy (non-hydrogen) atoms. The van der Waals surface area contributed by atoms with Crippen molar-refractivity contribution in [2.45, 2.75) is 26.4 Å². The Morgan fingerprint density at radius 3 is 2.91 bits per heavy atom. The van der Waals surface area contributed by atoms with Crippen molar-refractivity contribution in [1.29, 1.82) is 0 Å². The van der Waals surface area contributed by atoms with Gasteiger partial charge >= 0.3 is 0 Å². The zero-order chi connectivity index (χ0) is 8.10. The molecule has 0 radical (unpaired) electrons. The average Bonchev–Trinajstić information content (AvgIpc) is 2.52. The van der Waals surface area contributed by atoms with Gasteiger partial charge in [0.25, 0.3) is 0 Å². The SMILES string of the molecule is CCOC(CC)c1nccs1. The Labute approximate surface area is 71.2 Å². The summed E-state index contributed by atoms with van der Waals surface area (Å²) >= 11 is 1.66. The molecule has 0 aliphatic rings. The summed E-state index contributed by atoms with van der Waals surface area (Å²) in [6.07, 6.45) is 3.03. The molecule has 0 saturated carbocycles. The standard InChI is InChI=1S/C8H13NOS/c1-3-7(10-4-2)8-9-5-6-11-8/h5-7H,3-4H2,1-2H3. The number of rotatable bonds is 4. The lowest BCUT2D eigenvalue weighted by Gasteiger charge is -2.10. The number of thiazole rings is 1. The van der Waals surface area contributed by atoms with Crippen molar-refractivity contribution in [3.8, 4) is 0 Å². The molecule has 0 bridgehead atoms. The molecular formula is C8H13NOS. The summed E-state index contributed by atoms with van der Waals surface area (Å²) in [6.45, 7) is 4.88. The van der Waals surface area contributed by atoms with Crippen LogP contribution in [0.25, 0.3) is 0 Å². The van der Waals surface area contributed by atoms with Gasteiger partial charge in [0, 0.05) is 18.2 Å². The van der Waals surface area contributed by atoms with Crippen LogP contribution in [0.3, 0.4) is 0 Å². The molecule has 1 rings (SSSR count). The summed E-state index contributed by atoms with van der Waals surface area (Å²) in [5, 5.41) is 3.08. The quantitative estimate of drug-likeness (QED) is 0.694. The van der Waals surface area contributed by atoms with Crippen LogP contribution in [0.5, 0.6) is 0 Å². The second kappa shape index (κ2) is 4.46. The molecule has 0 aliphatic carbocycles. The lowest BCUT2D eigenvalue weighted by atomic mass is 10.3. The third-order valence-electron chi connectivity index (χ3n) is 1.47. The van der Waals surface area contributed by atoms with E-state index in [0.29, 0.717) is 0 Å². The number of aromatic nitrogens is 1. The smallest absolute Gasteiger partial charge is 0.121 e. The fourth-order valence-corrected chi connectivity index (χ4v) is 1.73. The van der Waals surface area contributed by atoms with E-state index in [2.05, 4.69) is 11.9 Å². The van der Waals surface area contributed by atoms with Gasteiger partial charge in [-0.1, -0.05) is 6.92 Å². The normalized spacial score (nSPS) is 13.3. The summed E-state index contributed by atoms with van der Waals surface area (Å²) in [5.41, 5.74) is 0. The van der Waals surface area contributed by atoms with Gasteiger partial charge in [-0.2, -0.15) is 0 Å². The molecule has 0 amide bonds. The molecule has 0 N–H and O–H groups in total. The summed E-state index contributed by atoms with van der Waals surface area (Å²) in [7, 11) is 0. The Morgan fingerprint density at radius 2 is 2.45 bits per heavy atom. The van der Waals surface area contributed by atoms with Gasteiger partial charge < -0.3 is 4.74 Å². The van der Waals surface area contributed by atoms with Crippen LogP contribution in [-0.4, -0.2) is 11.6 Å². The molecule has 1 aromatic heterocycles. The monoisotopic (exact) mass is 171 g/mol. The summed E-state index contributed by atoms with van der Waals surface area (Å²) in [4.78, 5) is 4.20. The van der Waals surface area contributed by atoms with Crippen molar-refractivity contribution < 1.29 is 4.74 Å². The predicted molar refractivity (Wildman–Crippen MR) is 46.8 cm³/mol. The van der Waals surface area contributed by atoms with Gasteiger partial charge in [0.1, 0.15) is 11.1 Å². The minimum Gasteiger partial charge on any atom is -0.371 e. The van der Waals surface area contributed by atoms with E-state index in [1.54, 1.807) is 11.3 Å². The van der Waals surface area contributed by atoms with Crippen LogP contribution in [0, 0.1) is 0 Å². The van der Waals surface area contributed by atoms with E-state index in [9.17, 15) is 0 Å². The molecule has 2 nitrogen and oxygen atoms in total. The number of hydrogen-bond acceptors (Lipinski definition) is 3. The Hall–Kier alpha value is -0.410. The van der Waals surface area contributed by atoms with Crippen LogP contribution in [0.1, 0.15) is 31.4 Å². The van der Waals surface area contributed by atoms with Gasteiger partial charge in [0.05, 0.1) is 0 Å². The molecule has 0 saturated heterocycles. The molecule has 0 aliphatic heterocycles. The minimum atomic E-state index is 0.208. The van der Waals surface area contributed by atoms with E-state index in [4.69, 9.17) is 4.74 Å². The second-order valence-corrected chi connectivity index (χ2v) is 3.15. The molecular weight excluding hydrogens is 158 g/mol. The first-order valence-electron chi connectivity index (χ1n) is 3.89. The van der Waals surface area contributed by atoms with Crippen LogP contribution in [0.15, 0.2) is 11.6 Å². The highest BCUT2D eigenvalue weighted by atomic mass is 32.1. The fraction of sp³-hybridized carbons (Fsp3) is 0.625. The maximum Gasteiger partial charge on any atom is 0.121 e. The van der Waals surface area contributed by atoms with Crippen molar-refractivity contribution in [1.82, 2.24) is 4.98 Å². The first kappa shape index (κ1) is 8.68. The van der Waals surface area contributed by atoms with Crippen molar-refractivity contribution in [2.24, 2.45) is 0 Å². The maximum absolute atomic E-state index is 5.48. The molecule has 1 unspecified atom stereocenters. The van der Waals surface area contributed by atoms with Gasteiger partial charge in [0.2, 0.25) is 0 Å².